The zero-order valence-electron chi connectivity index (χ0n) is 12.7. The summed E-state index contributed by atoms with van der Waals surface area (Å²) in [7, 11) is 0. The molecule has 3 heterocycles. The Bertz CT molecular complexity index is 830. The maximum atomic E-state index is 12.8. The van der Waals surface area contributed by atoms with Gasteiger partial charge in [-0.3, -0.25) is 14.5 Å². The topological polar surface area (TPSA) is 63.9 Å². The van der Waals surface area contributed by atoms with Gasteiger partial charge in [0.05, 0.1) is 29.8 Å². The van der Waals surface area contributed by atoms with E-state index in [0.29, 0.717) is 5.69 Å². The summed E-state index contributed by atoms with van der Waals surface area (Å²) in [4.78, 5) is 23.5. The van der Waals surface area contributed by atoms with E-state index in [1.807, 2.05) is 46.1 Å². The molecule has 0 bridgehead atoms. The minimum Gasteiger partial charge on any atom is -0.332 e. The van der Waals surface area contributed by atoms with Crippen LogP contribution in [-0.2, 0) is 6.54 Å². The number of hydrogen-bond donors (Lipinski definition) is 0. The second-order valence-corrected chi connectivity index (χ2v) is 5.77. The molecule has 1 fully saturated rings. The number of amides is 1. The standard InChI is InChI=1S/C17H17N5O/c23-17(16-11-18-14-6-1-2-7-15(14)20-16)22-10-3-5-13(22)12-21-9-4-8-19-21/h1-2,4,6-9,11,13H,3,5,10,12H2/t13-/m0/s1. The predicted octanol–water partition coefficient (Wildman–Crippen LogP) is 2.13. The average Bonchev–Trinajstić information content (AvgIpc) is 3.26. The number of benzene rings is 1. The highest BCUT2D eigenvalue weighted by atomic mass is 16.2. The van der Waals surface area contributed by atoms with Crippen LogP contribution in [0.1, 0.15) is 23.3 Å². The maximum absolute atomic E-state index is 12.8. The highest BCUT2D eigenvalue weighted by Gasteiger charge is 2.30. The molecule has 0 spiro atoms. The highest BCUT2D eigenvalue weighted by Crippen LogP contribution is 2.21. The zero-order chi connectivity index (χ0) is 15.6. The third-order valence-corrected chi connectivity index (χ3v) is 4.26. The quantitative estimate of drug-likeness (QED) is 0.743. The van der Waals surface area contributed by atoms with Gasteiger partial charge in [-0.1, -0.05) is 12.1 Å². The second-order valence-electron chi connectivity index (χ2n) is 5.77. The van der Waals surface area contributed by atoms with E-state index in [9.17, 15) is 4.79 Å². The third-order valence-electron chi connectivity index (χ3n) is 4.26. The van der Waals surface area contributed by atoms with Crippen LogP contribution in [0, 0.1) is 0 Å². The molecule has 6 nitrogen and oxygen atoms in total. The second kappa shape index (κ2) is 5.79. The van der Waals surface area contributed by atoms with Crippen molar-refractivity contribution in [2.75, 3.05) is 6.54 Å². The highest BCUT2D eigenvalue weighted by molar-refractivity contribution is 5.94. The van der Waals surface area contributed by atoms with Gasteiger partial charge < -0.3 is 4.90 Å². The van der Waals surface area contributed by atoms with Gasteiger partial charge in [-0.05, 0) is 31.0 Å². The van der Waals surface area contributed by atoms with Crippen LogP contribution in [0.25, 0.3) is 11.0 Å². The van der Waals surface area contributed by atoms with Crippen molar-refractivity contribution < 1.29 is 4.79 Å². The van der Waals surface area contributed by atoms with Crippen molar-refractivity contribution in [3.63, 3.8) is 0 Å². The van der Waals surface area contributed by atoms with Gasteiger partial charge in [-0.25, -0.2) is 4.98 Å². The molecule has 1 aliphatic heterocycles. The molecule has 23 heavy (non-hydrogen) atoms. The molecule has 0 aliphatic carbocycles. The average molecular weight is 307 g/mol. The molecule has 0 radical (unpaired) electrons. The molecule has 1 aromatic carbocycles. The fourth-order valence-electron chi connectivity index (χ4n) is 3.12. The summed E-state index contributed by atoms with van der Waals surface area (Å²) in [5, 5.41) is 4.24. The van der Waals surface area contributed by atoms with Crippen molar-refractivity contribution in [3.8, 4) is 0 Å². The maximum Gasteiger partial charge on any atom is 0.274 e. The molecule has 1 amide bonds. The molecule has 1 saturated heterocycles. The van der Waals surface area contributed by atoms with Gasteiger partial charge in [0.15, 0.2) is 0 Å². The van der Waals surface area contributed by atoms with Crippen LogP contribution in [0.5, 0.6) is 0 Å². The van der Waals surface area contributed by atoms with Crippen LogP contribution < -0.4 is 0 Å². The lowest BCUT2D eigenvalue weighted by Gasteiger charge is -2.24. The number of aromatic nitrogens is 4. The van der Waals surface area contributed by atoms with E-state index < -0.39 is 0 Å². The van der Waals surface area contributed by atoms with E-state index >= 15 is 0 Å². The molecule has 6 heteroatoms. The van der Waals surface area contributed by atoms with E-state index in [4.69, 9.17) is 0 Å². The molecule has 4 rings (SSSR count). The number of rotatable bonds is 3. The van der Waals surface area contributed by atoms with Crippen LogP contribution in [0.2, 0.25) is 0 Å². The number of hydrogen-bond acceptors (Lipinski definition) is 4. The van der Waals surface area contributed by atoms with Crippen molar-refractivity contribution in [1.29, 1.82) is 0 Å². The van der Waals surface area contributed by atoms with Gasteiger partial charge in [0.2, 0.25) is 0 Å². The molecule has 2 aromatic heterocycles. The van der Waals surface area contributed by atoms with E-state index in [1.165, 1.54) is 0 Å². The van der Waals surface area contributed by atoms with Gasteiger partial charge in [0.25, 0.3) is 5.91 Å². The summed E-state index contributed by atoms with van der Waals surface area (Å²) >= 11 is 0. The van der Waals surface area contributed by atoms with Crippen LogP contribution in [-0.4, -0.2) is 43.1 Å². The first-order valence-electron chi connectivity index (χ1n) is 7.81. The Morgan fingerprint density at radius 1 is 1.22 bits per heavy atom. The lowest BCUT2D eigenvalue weighted by Crippen LogP contribution is -2.38. The molecule has 3 aromatic rings. The molecule has 116 valence electrons. The summed E-state index contributed by atoms with van der Waals surface area (Å²) in [6.45, 7) is 1.49. The number of likely N-dealkylation sites (tertiary alicyclic amines) is 1. The van der Waals surface area contributed by atoms with Crippen molar-refractivity contribution in [2.45, 2.75) is 25.4 Å². The number of para-hydroxylation sites is 2. The fraction of sp³-hybridized carbons (Fsp3) is 0.294. The van der Waals surface area contributed by atoms with E-state index in [-0.39, 0.29) is 11.9 Å². The van der Waals surface area contributed by atoms with Gasteiger partial charge in [-0.2, -0.15) is 5.10 Å². The lowest BCUT2D eigenvalue weighted by atomic mass is 10.2. The Kier molecular flexibility index (Phi) is 3.49. The molecule has 0 N–H and O–H groups in total. The minimum absolute atomic E-state index is 0.0436. The molecular weight excluding hydrogens is 290 g/mol. The molecule has 1 atom stereocenters. The number of carbonyl (C=O) groups excluding carboxylic acids is 1. The normalized spacial score (nSPS) is 17.7. The summed E-state index contributed by atoms with van der Waals surface area (Å²) in [6.07, 6.45) is 7.27. The van der Waals surface area contributed by atoms with Crippen LogP contribution in [0.3, 0.4) is 0 Å². The number of fused-ring (bicyclic) bond motifs is 1. The van der Waals surface area contributed by atoms with Crippen molar-refractivity contribution >= 4 is 16.9 Å². The third kappa shape index (κ3) is 2.67. The van der Waals surface area contributed by atoms with E-state index in [1.54, 1.807) is 12.4 Å². The Labute approximate surface area is 133 Å². The first kappa shape index (κ1) is 13.9. The lowest BCUT2D eigenvalue weighted by molar-refractivity contribution is 0.0715. The van der Waals surface area contributed by atoms with Gasteiger partial charge >= 0.3 is 0 Å². The number of carbonyl (C=O) groups is 1. The van der Waals surface area contributed by atoms with Crippen LogP contribution in [0.15, 0.2) is 48.9 Å². The largest absolute Gasteiger partial charge is 0.332 e. The monoisotopic (exact) mass is 307 g/mol. The Balaban J connectivity index is 1.58. The van der Waals surface area contributed by atoms with Crippen LogP contribution >= 0.6 is 0 Å². The Morgan fingerprint density at radius 2 is 2.09 bits per heavy atom. The SMILES string of the molecule is O=C(c1cnc2ccccc2n1)N1CCC[C@H]1Cn1cccn1. The summed E-state index contributed by atoms with van der Waals surface area (Å²) < 4.78 is 1.88. The van der Waals surface area contributed by atoms with Gasteiger partial charge in [0.1, 0.15) is 5.69 Å². The van der Waals surface area contributed by atoms with E-state index in [0.717, 1.165) is 37.0 Å². The summed E-state index contributed by atoms with van der Waals surface area (Å²) in [6, 6.07) is 9.66. The van der Waals surface area contributed by atoms with E-state index in [2.05, 4.69) is 15.1 Å². The smallest absolute Gasteiger partial charge is 0.274 e. The van der Waals surface area contributed by atoms with Crippen molar-refractivity contribution in [2.24, 2.45) is 0 Å². The molecule has 0 saturated carbocycles. The molecule has 0 unspecified atom stereocenters. The Hall–Kier alpha value is -2.76. The Morgan fingerprint density at radius 3 is 2.91 bits per heavy atom. The van der Waals surface area contributed by atoms with Crippen LogP contribution in [0.4, 0.5) is 0 Å². The van der Waals surface area contributed by atoms with Gasteiger partial charge in [0, 0.05) is 18.9 Å². The zero-order valence-corrected chi connectivity index (χ0v) is 12.7. The van der Waals surface area contributed by atoms with Gasteiger partial charge in [-0.15, -0.1) is 0 Å². The molecule has 1 aliphatic rings. The van der Waals surface area contributed by atoms with Crippen molar-refractivity contribution in [3.05, 3.63) is 54.6 Å². The first-order valence-corrected chi connectivity index (χ1v) is 7.81. The minimum atomic E-state index is -0.0436. The summed E-state index contributed by atoms with van der Waals surface area (Å²) in [5.74, 6) is -0.0436. The number of nitrogens with zero attached hydrogens (tertiary/aromatic N) is 5. The van der Waals surface area contributed by atoms with Crippen molar-refractivity contribution in [1.82, 2.24) is 24.6 Å². The summed E-state index contributed by atoms with van der Waals surface area (Å²) in [5.41, 5.74) is 1.97. The first-order chi connectivity index (χ1) is 11.3. The fourth-order valence-corrected chi connectivity index (χ4v) is 3.12. The predicted molar refractivity (Wildman–Crippen MR) is 85.8 cm³/mol. The molecular formula is C17H17N5O.